The number of hydrogen-bond donors (Lipinski definition) is 2. The number of aryl methyl sites for hydroxylation is 1. The molecule has 0 saturated carbocycles. The molecule has 0 aliphatic carbocycles. The van der Waals surface area contributed by atoms with E-state index in [1.165, 1.54) is 11.1 Å². The van der Waals surface area contributed by atoms with E-state index >= 15 is 0 Å². The summed E-state index contributed by atoms with van der Waals surface area (Å²) in [5.41, 5.74) is 3.86. The highest BCUT2D eigenvalue weighted by molar-refractivity contribution is 14.0. The fourth-order valence-corrected chi connectivity index (χ4v) is 3.97. The van der Waals surface area contributed by atoms with Crippen LogP contribution in [0.25, 0.3) is 0 Å². The Morgan fingerprint density at radius 3 is 2.43 bits per heavy atom. The first-order valence-corrected chi connectivity index (χ1v) is 9.84. The summed E-state index contributed by atoms with van der Waals surface area (Å²) >= 11 is 6.26. The molecule has 0 aromatic heterocycles. The Labute approximate surface area is 190 Å². The van der Waals surface area contributed by atoms with Crippen LogP contribution in [-0.2, 0) is 16.7 Å². The minimum Gasteiger partial charge on any atom is -0.381 e. The van der Waals surface area contributed by atoms with Gasteiger partial charge in [-0.15, -0.1) is 24.0 Å². The topological polar surface area (TPSA) is 45.7 Å². The zero-order valence-electron chi connectivity index (χ0n) is 16.5. The van der Waals surface area contributed by atoms with Crippen molar-refractivity contribution in [3.05, 3.63) is 70.2 Å². The van der Waals surface area contributed by atoms with Gasteiger partial charge in [-0.2, -0.15) is 0 Å². The number of hydrogen-bond acceptors (Lipinski definition) is 2. The van der Waals surface area contributed by atoms with Gasteiger partial charge in [0.25, 0.3) is 0 Å². The van der Waals surface area contributed by atoms with Gasteiger partial charge in [0.2, 0.25) is 0 Å². The zero-order valence-corrected chi connectivity index (χ0v) is 19.6. The quantitative estimate of drug-likeness (QED) is 0.347. The summed E-state index contributed by atoms with van der Waals surface area (Å²) in [7, 11) is 1.80. The van der Waals surface area contributed by atoms with Crippen molar-refractivity contribution in [3.8, 4) is 0 Å². The van der Waals surface area contributed by atoms with Crippen molar-refractivity contribution >= 4 is 41.5 Å². The molecule has 0 amide bonds. The number of guanidine groups is 1. The summed E-state index contributed by atoms with van der Waals surface area (Å²) in [6.07, 6.45) is 2.01. The van der Waals surface area contributed by atoms with Crippen LogP contribution in [0, 0.1) is 6.92 Å². The van der Waals surface area contributed by atoms with Crippen molar-refractivity contribution in [3.63, 3.8) is 0 Å². The lowest BCUT2D eigenvalue weighted by Crippen LogP contribution is -2.48. The highest BCUT2D eigenvalue weighted by Crippen LogP contribution is 2.36. The molecule has 2 aromatic rings. The molecule has 1 aliphatic heterocycles. The first-order chi connectivity index (χ1) is 13.1. The Balaban J connectivity index is 0.00000280. The molecule has 1 aliphatic rings. The first-order valence-electron chi connectivity index (χ1n) is 9.46. The molecule has 0 spiro atoms. The number of aliphatic imine (C=N–C) groups is 1. The number of nitrogens with zero attached hydrogens (tertiary/aromatic N) is 1. The van der Waals surface area contributed by atoms with E-state index in [9.17, 15) is 0 Å². The normalized spacial score (nSPS) is 16.2. The summed E-state index contributed by atoms with van der Waals surface area (Å²) in [6.45, 7) is 5.24. The maximum atomic E-state index is 6.26. The highest BCUT2D eigenvalue weighted by atomic mass is 127. The molecule has 0 bridgehead atoms. The number of benzene rings is 2. The van der Waals surface area contributed by atoms with Crippen molar-refractivity contribution in [1.29, 1.82) is 0 Å². The van der Waals surface area contributed by atoms with Gasteiger partial charge in [0, 0.05) is 43.8 Å². The molecule has 28 heavy (non-hydrogen) atoms. The fraction of sp³-hybridized carbons (Fsp3) is 0.409. The van der Waals surface area contributed by atoms with Crippen molar-refractivity contribution in [2.24, 2.45) is 4.99 Å². The lowest BCUT2D eigenvalue weighted by atomic mass is 9.72. The molecule has 0 atom stereocenters. The summed E-state index contributed by atoms with van der Waals surface area (Å²) in [4.78, 5) is 4.38. The summed E-state index contributed by atoms with van der Waals surface area (Å²) in [5.74, 6) is 0.786. The van der Waals surface area contributed by atoms with Gasteiger partial charge < -0.3 is 15.4 Å². The molecule has 0 radical (unpaired) electrons. The van der Waals surface area contributed by atoms with Crippen molar-refractivity contribution in [1.82, 2.24) is 10.6 Å². The summed E-state index contributed by atoms with van der Waals surface area (Å²) in [6, 6.07) is 16.5. The minimum atomic E-state index is 0. The van der Waals surface area contributed by atoms with Crippen molar-refractivity contribution < 1.29 is 4.74 Å². The number of halogens is 2. The monoisotopic (exact) mass is 513 g/mol. The zero-order chi connectivity index (χ0) is 19.1. The second kappa shape index (κ2) is 11.0. The minimum absolute atomic E-state index is 0. The third-order valence-electron chi connectivity index (χ3n) is 5.39. The highest BCUT2D eigenvalue weighted by Gasteiger charge is 2.35. The molecule has 152 valence electrons. The molecule has 1 saturated heterocycles. The lowest BCUT2D eigenvalue weighted by molar-refractivity contribution is 0.0512. The second-order valence-corrected chi connectivity index (χ2v) is 7.49. The van der Waals surface area contributed by atoms with Crippen molar-refractivity contribution in [2.75, 3.05) is 26.8 Å². The van der Waals surface area contributed by atoms with Crippen LogP contribution in [0.2, 0.25) is 5.02 Å². The Morgan fingerprint density at radius 2 is 1.75 bits per heavy atom. The van der Waals surface area contributed by atoms with Crippen LogP contribution in [-0.4, -0.2) is 32.8 Å². The van der Waals surface area contributed by atoms with Gasteiger partial charge in [0.15, 0.2) is 5.96 Å². The van der Waals surface area contributed by atoms with E-state index in [4.69, 9.17) is 16.3 Å². The maximum Gasteiger partial charge on any atom is 0.191 e. The molecule has 6 heteroatoms. The van der Waals surface area contributed by atoms with Gasteiger partial charge in [-0.05, 0) is 42.5 Å². The largest absolute Gasteiger partial charge is 0.381 e. The molecule has 4 nitrogen and oxygen atoms in total. The predicted octanol–water partition coefficient (Wildman–Crippen LogP) is 4.68. The third kappa shape index (κ3) is 5.61. The Hall–Kier alpha value is -1.31. The van der Waals surface area contributed by atoms with E-state index in [0.717, 1.165) is 49.1 Å². The van der Waals surface area contributed by atoms with Crippen LogP contribution in [0.5, 0.6) is 0 Å². The Morgan fingerprint density at radius 1 is 1.07 bits per heavy atom. The number of ether oxygens (including phenoxy) is 1. The van der Waals surface area contributed by atoms with Crippen LogP contribution in [0.3, 0.4) is 0 Å². The third-order valence-corrected chi connectivity index (χ3v) is 5.76. The molecular weight excluding hydrogens is 485 g/mol. The fourth-order valence-electron chi connectivity index (χ4n) is 3.77. The molecular formula is C22H29ClIN3O. The lowest BCUT2D eigenvalue weighted by Gasteiger charge is -2.39. The Bertz CT molecular complexity index is 791. The maximum absolute atomic E-state index is 6.26. The average molecular weight is 514 g/mol. The standard InChI is InChI=1S/C22H28ClN3O.HI/c1-17-7-3-5-9-19(17)22(11-13-27-14-12-22)16-26-21(24-2)25-15-18-8-4-6-10-20(18)23;/h3-10H,11-16H2,1-2H3,(H2,24,25,26);1H. The smallest absolute Gasteiger partial charge is 0.191 e. The van der Waals surface area contributed by atoms with E-state index in [1.54, 1.807) is 7.05 Å². The summed E-state index contributed by atoms with van der Waals surface area (Å²) in [5, 5.41) is 7.67. The second-order valence-electron chi connectivity index (χ2n) is 7.08. The molecule has 3 rings (SSSR count). The van der Waals surface area contributed by atoms with E-state index in [1.807, 2.05) is 24.3 Å². The van der Waals surface area contributed by atoms with Gasteiger partial charge in [0.05, 0.1) is 0 Å². The van der Waals surface area contributed by atoms with Gasteiger partial charge in [-0.25, -0.2) is 0 Å². The van der Waals surface area contributed by atoms with Gasteiger partial charge in [0.1, 0.15) is 0 Å². The van der Waals surface area contributed by atoms with Gasteiger partial charge >= 0.3 is 0 Å². The molecule has 0 unspecified atom stereocenters. The van der Waals surface area contributed by atoms with Crippen LogP contribution in [0.4, 0.5) is 0 Å². The summed E-state index contributed by atoms with van der Waals surface area (Å²) < 4.78 is 5.65. The van der Waals surface area contributed by atoms with Gasteiger partial charge in [-0.3, -0.25) is 4.99 Å². The van der Waals surface area contributed by atoms with E-state index < -0.39 is 0 Å². The van der Waals surface area contributed by atoms with Crippen LogP contribution in [0.15, 0.2) is 53.5 Å². The van der Waals surface area contributed by atoms with Crippen LogP contribution in [0.1, 0.15) is 29.5 Å². The van der Waals surface area contributed by atoms with E-state index in [-0.39, 0.29) is 29.4 Å². The SMILES string of the molecule is CN=C(NCc1ccccc1Cl)NCC1(c2ccccc2C)CCOCC1.I. The van der Waals surface area contributed by atoms with E-state index in [0.29, 0.717) is 6.54 Å². The van der Waals surface area contributed by atoms with Crippen molar-refractivity contribution in [2.45, 2.75) is 31.7 Å². The molecule has 1 heterocycles. The average Bonchev–Trinajstić information content (AvgIpc) is 2.70. The predicted molar refractivity (Wildman–Crippen MR) is 128 cm³/mol. The number of rotatable bonds is 5. The Kier molecular flexibility index (Phi) is 9.05. The first kappa shape index (κ1) is 23.0. The molecule has 2 aromatic carbocycles. The molecule has 2 N–H and O–H groups in total. The van der Waals surface area contributed by atoms with E-state index in [2.05, 4.69) is 46.8 Å². The van der Waals surface area contributed by atoms with Gasteiger partial charge in [-0.1, -0.05) is 54.1 Å². The van der Waals surface area contributed by atoms with Crippen LogP contribution >= 0.6 is 35.6 Å². The number of nitrogens with one attached hydrogen (secondary N) is 2. The molecule has 1 fully saturated rings. The van der Waals surface area contributed by atoms with Crippen LogP contribution < -0.4 is 10.6 Å².